The number of aryl methyl sites for hydroxylation is 1. The molecule has 4 aromatic rings. The number of carbonyl (C=O) groups is 1. The molecule has 0 spiro atoms. The van der Waals surface area contributed by atoms with Crippen LogP contribution in [-0.4, -0.2) is 15.7 Å². The molecule has 1 heterocycles. The maximum atomic E-state index is 13.7. The van der Waals surface area contributed by atoms with E-state index in [0.717, 1.165) is 22.2 Å². The molecule has 0 aliphatic heterocycles. The third-order valence-electron chi connectivity index (χ3n) is 4.68. The number of fused-ring (bicyclic) bond motifs is 1. The first kappa shape index (κ1) is 19.2. The van der Waals surface area contributed by atoms with E-state index in [2.05, 4.69) is 5.32 Å². The Bertz CT molecular complexity index is 1160. The van der Waals surface area contributed by atoms with Gasteiger partial charge in [0.05, 0.1) is 11.2 Å². The van der Waals surface area contributed by atoms with E-state index in [9.17, 15) is 9.18 Å². The van der Waals surface area contributed by atoms with Crippen molar-refractivity contribution in [3.05, 3.63) is 83.6 Å². The third-order valence-corrected chi connectivity index (χ3v) is 4.92. The fourth-order valence-corrected chi connectivity index (χ4v) is 3.47. The number of anilines is 1. The van der Waals surface area contributed by atoms with Crippen LogP contribution in [0.5, 0.6) is 0 Å². The van der Waals surface area contributed by atoms with Crippen LogP contribution >= 0.6 is 11.6 Å². The molecular formula is C23H19ClFN3O. The number of amides is 1. The van der Waals surface area contributed by atoms with Gasteiger partial charge in [-0.15, -0.1) is 0 Å². The van der Waals surface area contributed by atoms with Gasteiger partial charge in [-0.05, 0) is 36.8 Å². The number of aromatic nitrogens is 2. The molecule has 0 aliphatic rings. The van der Waals surface area contributed by atoms with Gasteiger partial charge in [0.15, 0.2) is 0 Å². The lowest BCUT2D eigenvalue weighted by Gasteiger charge is -2.07. The predicted octanol–water partition coefficient (Wildman–Crippen LogP) is 5.91. The number of nitrogens with zero attached hydrogens (tertiary/aromatic N) is 2. The standard InChI is InChI=1S/C23H19ClFN3O/c24-17-12-13-21-18(15-17)23(16-7-2-1-3-8-16)27-28(21)14-6-11-22(29)26-20-10-5-4-9-19(20)25/h1-5,7-10,12-13,15H,6,11,14H2,(H,26,29). The number of hydrogen-bond donors (Lipinski definition) is 1. The van der Waals surface area contributed by atoms with Crippen molar-refractivity contribution in [3.8, 4) is 11.3 Å². The monoisotopic (exact) mass is 407 g/mol. The summed E-state index contributed by atoms with van der Waals surface area (Å²) in [5.74, 6) is -0.666. The minimum atomic E-state index is -0.441. The van der Waals surface area contributed by atoms with E-state index in [1.807, 2.05) is 53.2 Å². The van der Waals surface area contributed by atoms with E-state index < -0.39 is 5.82 Å². The number of hydrogen-bond acceptors (Lipinski definition) is 2. The fourth-order valence-electron chi connectivity index (χ4n) is 3.30. The summed E-state index contributed by atoms with van der Waals surface area (Å²) in [7, 11) is 0. The van der Waals surface area contributed by atoms with Crippen LogP contribution in [0.1, 0.15) is 12.8 Å². The zero-order valence-electron chi connectivity index (χ0n) is 15.6. The molecule has 29 heavy (non-hydrogen) atoms. The molecule has 1 amide bonds. The molecule has 146 valence electrons. The van der Waals surface area contributed by atoms with E-state index in [1.54, 1.807) is 18.2 Å². The number of halogens is 2. The molecule has 6 heteroatoms. The summed E-state index contributed by atoms with van der Waals surface area (Å²) in [4.78, 5) is 12.2. The Kier molecular flexibility index (Phi) is 5.58. The van der Waals surface area contributed by atoms with Crippen LogP contribution in [0.4, 0.5) is 10.1 Å². The minimum Gasteiger partial charge on any atom is -0.324 e. The number of benzene rings is 3. The number of para-hydroxylation sites is 1. The third kappa shape index (κ3) is 4.30. The van der Waals surface area contributed by atoms with E-state index >= 15 is 0 Å². The first-order valence-electron chi connectivity index (χ1n) is 9.38. The van der Waals surface area contributed by atoms with Crippen molar-refractivity contribution in [1.82, 2.24) is 9.78 Å². The van der Waals surface area contributed by atoms with Gasteiger partial charge in [0.2, 0.25) is 5.91 Å². The lowest BCUT2D eigenvalue weighted by atomic mass is 10.1. The smallest absolute Gasteiger partial charge is 0.224 e. The maximum Gasteiger partial charge on any atom is 0.224 e. The summed E-state index contributed by atoms with van der Waals surface area (Å²) in [5.41, 5.74) is 3.03. The van der Waals surface area contributed by atoms with Crippen molar-refractivity contribution < 1.29 is 9.18 Å². The Hall–Kier alpha value is -3.18. The van der Waals surface area contributed by atoms with Crippen molar-refractivity contribution in [3.63, 3.8) is 0 Å². The molecule has 0 saturated carbocycles. The number of rotatable bonds is 6. The van der Waals surface area contributed by atoms with Crippen LogP contribution in [0.2, 0.25) is 5.02 Å². The van der Waals surface area contributed by atoms with Gasteiger partial charge in [-0.2, -0.15) is 5.10 Å². The molecule has 0 fully saturated rings. The SMILES string of the molecule is O=C(CCCn1nc(-c2ccccc2)c2cc(Cl)ccc21)Nc1ccccc1F. The van der Waals surface area contributed by atoms with Gasteiger partial charge in [0.1, 0.15) is 11.5 Å². The zero-order valence-corrected chi connectivity index (χ0v) is 16.4. The van der Waals surface area contributed by atoms with Gasteiger partial charge < -0.3 is 5.32 Å². The van der Waals surface area contributed by atoms with Crippen molar-refractivity contribution in [2.75, 3.05) is 5.32 Å². The van der Waals surface area contributed by atoms with Gasteiger partial charge in [0, 0.05) is 28.9 Å². The van der Waals surface area contributed by atoms with Gasteiger partial charge >= 0.3 is 0 Å². The second-order valence-electron chi connectivity index (χ2n) is 6.73. The van der Waals surface area contributed by atoms with Gasteiger partial charge in [-0.3, -0.25) is 9.48 Å². The lowest BCUT2D eigenvalue weighted by Crippen LogP contribution is -2.13. The Morgan fingerprint density at radius 3 is 2.59 bits per heavy atom. The van der Waals surface area contributed by atoms with Crippen molar-refractivity contribution >= 4 is 34.1 Å². The highest BCUT2D eigenvalue weighted by molar-refractivity contribution is 6.31. The highest BCUT2D eigenvalue weighted by atomic mass is 35.5. The fraction of sp³-hybridized carbons (Fsp3) is 0.130. The molecule has 0 aliphatic carbocycles. The van der Waals surface area contributed by atoms with Crippen molar-refractivity contribution in [1.29, 1.82) is 0 Å². The summed E-state index contributed by atoms with van der Waals surface area (Å²) < 4.78 is 15.6. The van der Waals surface area contributed by atoms with E-state index in [4.69, 9.17) is 16.7 Å². The second kappa shape index (κ2) is 8.45. The second-order valence-corrected chi connectivity index (χ2v) is 7.17. The van der Waals surface area contributed by atoms with Crippen molar-refractivity contribution in [2.24, 2.45) is 0 Å². The first-order chi connectivity index (χ1) is 14.1. The predicted molar refractivity (Wildman–Crippen MR) is 114 cm³/mol. The summed E-state index contributed by atoms with van der Waals surface area (Å²) >= 11 is 6.20. The molecule has 0 atom stereocenters. The number of nitrogens with one attached hydrogen (secondary N) is 1. The summed E-state index contributed by atoms with van der Waals surface area (Å²) in [5, 5.41) is 9.00. The summed E-state index contributed by atoms with van der Waals surface area (Å²) in [6, 6.07) is 21.7. The normalized spacial score (nSPS) is 11.0. The Balaban J connectivity index is 1.50. The maximum absolute atomic E-state index is 13.7. The Morgan fingerprint density at radius 1 is 1.03 bits per heavy atom. The molecule has 1 N–H and O–H groups in total. The van der Waals surface area contributed by atoms with Crippen LogP contribution in [0.15, 0.2) is 72.8 Å². The van der Waals surface area contributed by atoms with Gasteiger partial charge in [-0.1, -0.05) is 54.1 Å². The van der Waals surface area contributed by atoms with Crippen LogP contribution < -0.4 is 5.32 Å². The Labute approximate surface area is 172 Å². The topological polar surface area (TPSA) is 46.9 Å². The largest absolute Gasteiger partial charge is 0.324 e. The van der Waals surface area contributed by atoms with Crippen LogP contribution in [0, 0.1) is 5.82 Å². The lowest BCUT2D eigenvalue weighted by molar-refractivity contribution is -0.116. The molecule has 0 saturated heterocycles. The average molecular weight is 408 g/mol. The summed E-state index contributed by atoms with van der Waals surface area (Å²) in [6.45, 7) is 0.565. The molecular weight excluding hydrogens is 389 g/mol. The Morgan fingerprint density at radius 2 is 1.79 bits per heavy atom. The van der Waals surface area contributed by atoms with Crippen molar-refractivity contribution in [2.45, 2.75) is 19.4 Å². The van der Waals surface area contributed by atoms with Gasteiger partial charge in [-0.25, -0.2) is 4.39 Å². The molecule has 0 radical (unpaired) electrons. The zero-order chi connectivity index (χ0) is 20.2. The quantitative estimate of drug-likeness (QED) is 0.431. The minimum absolute atomic E-state index is 0.197. The average Bonchev–Trinajstić information content (AvgIpc) is 3.08. The van der Waals surface area contributed by atoms with E-state index in [-0.39, 0.29) is 18.0 Å². The van der Waals surface area contributed by atoms with Crippen LogP contribution in [-0.2, 0) is 11.3 Å². The van der Waals surface area contributed by atoms with E-state index in [1.165, 1.54) is 6.07 Å². The first-order valence-corrected chi connectivity index (χ1v) is 9.75. The van der Waals surface area contributed by atoms with E-state index in [0.29, 0.717) is 18.0 Å². The molecule has 4 nitrogen and oxygen atoms in total. The molecule has 3 aromatic carbocycles. The molecule has 0 unspecified atom stereocenters. The number of carbonyl (C=O) groups excluding carboxylic acids is 1. The van der Waals surface area contributed by atoms with Crippen LogP contribution in [0.25, 0.3) is 22.2 Å². The molecule has 4 rings (SSSR count). The highest BCUT2D eigenvalue weighted by Crippen LogP contribution is 2.30. The molecule has 1 aromatic heterocycles. The van der Waals surface area contributed by atoms with Gasteiger partial charge in [0.25, 0.3) is 0 Å². The molecule has 0 bridgehead atoms. The summed E-state index contributed by atoms with van der Waals surface area (Å²) in [6.07, 6.45) is 0.845. The highest BCUT2D eigenvalue weighted by Gasteiger charge is 2.13. The van der Waals surface area contributed by atoms with Crippen LogP contribution in [0.3, 0.4) is 0 Å².